The van der Waals surface area contributed by atoms with E-state index in [1.165, 1.54) is 6.26 Å². The number of anilines is 1. The SMILES string of the molecule is CCOc1ccccc1N1CCN(C(=O)CCNC(=O)c2ccco2)CC1. The Bertz CT molecular complexity index is 752. The van der Waals surface area contributed by atoms with Gasteiger partial charge in [0.2, 0.25) is 5.91 Å². The first-order valence-electron chi connectivity index (χ1n) is 9.25. The van der Waals surface area contributed by atoms with Crippen LogP contribution in [0, 0.1) is 0 Å². The van der Waals surface area contributed by atoms with Crippen LogP contribution in [0.15, 0.2) is 47.1 Å². The molecule has 0 radical (unpaired) electrons. The zero-order valence-electron chi connectivity index (χ0n) is 15.5. The molecule has 2 aromatic rings. The monoisotopic (exact) mass is 371 g/mol. The molecule has 1 aliphatic heterocycles. The second kappa shape index (κ2) is 9.12. The molecule has 0 aliphatic carbocycles. The fourth-order valence-corrected chi connectivity index (χ4v) is 3.13. The number of carbonyl (C=O) groups is 2. The lowest BCUT2D eigenvalue weighted by Gasteiger charge is -2.36. The first kappa shape index (κ1) is 18.8. The Morgan fingerprint density at radius 1 is 1.11 bits per heavy atom. The van der Waals surface area contributed by atoms with Crippen LogP contribution < -0.4 is 15.0 Å². The summed E-state index contributed by atoms with van der Waals surface area (Å²) in [7, 11) is 0. The largest absolute Gasteiger partial charge is 0.492 e. The molecule has 0 saturated carbocycles. The van der Waals surface area contributed by atoms with Crippen LogP contribution in [0.25, 0.3) is 0 Å². The number of rotatable bonds is 7. The number of hydrogen-bond donors (Lipinski definition) is 1. The Hall–Kier alpha value is -2.96. The molecule has 27 heavy (non-hydrogen) atoms. The van der Waals surface area contributed by atoms with Crippen molar-refractivity contribution in [2.24, 2.45) is 0 Å². The summed E-state index contributed by atoms with van der Waals surface area (Å²) in [4.78, 5) is 28.3. The molecule has 7 heteroatoms. The molecule has 0 bridgehead atoms. The molecule has 2 amide bonds. The third-order valence-corrected chi connectivity index (χ3v) is 4.51. The van der Waals surface area contributed by atoms with Crippen LogP contribution in [0.3, 0.4) is 0 Å². The first-order chi connectivity index (χ1) is 13.2. The molecule has 0 spiro atoms. The average molecular weight is 371 g/mol. The number of furan rings is 1. The number of carbonyl (C=O) groups excluding carboxylic acids is 2. The van der Waals surface area contributed by atoms with Gasteiger partial charge in [-0.2, -0.15) is 0 Å². The number of ether oxygens (including phenoxy) is 1. The molecule has 0 atom stereocenters. The number of piperazine rings is 1. The highest BCUT2D eigenvalue weighted by molar-refractivity contribution is 5.91. The van der Waals surface area contributed by atoms with Crippen molar-refractivity contribution in [2.75, 3.05) is 44.2 Å². The van der Waals surface area contributed by atoms with E-state index in [4.69, 9.17) is 9.15 Å². The van der Waals surface area contributed by atoms with E-state index in [2.05, 4.69) is 10.2 Å². The summed E-state index contributed by atoms with van der Waals surface area (Å²) in [5.74, 6) is 0.877. The Labute approximate surface area is 158 Å². The van der Waals surface area contributed by atoms with Crippen molar-refractivity contribution in [3.05, 3.63) is 48.4 Å². The molecule has 7 nitrogen and oxygen atoms in total. The van der Waals surface area contributed by atoms with Crippen molar-refractivity contribution >= 4 is 17.5 Å². The molecule has 2 heterocycles. The van der Waals surface area contributed by atoms with E-state index in [1.54, 1.807) is 12.1 Å². The third-order valence-electron chi connectivity index (χ3n) is 4.51. The van der Waals surface area contributed by atoms with Crippen molar-refractivity contribution in [3.8, 4) is 5.75 Å². The van der Waals surface area contributed by atoms with Gasteiger partial charge >= 0.3 is 0 Å². The van der Waals surface area contributed by atoms with Crippen molar-refractivity contribution in [1.29, 1.82) is 0 Å². The maximum absolute atomic E-state index is 12.4. The summed E-state index contributed by atoms with van der Waals surface area (Å²) in [5, 5.41) is 2.70. The zero-order chi connectivity index (χ0) is 19.1. The second-order valence-corrected chi connectivity index (χ2v) is 6.25. The van der Waals surface area contributed by atoms with Gasteiger partial charge < -0.3 is 24.3 Å². The average Bonchev–Trinajstić information content (AvgIpc) is 3.24. The number of benzene rings is 1. The summed E-state index contributed by atoms with van der Waals surface area (Å²) < 4.78 is 10.7. The van der Waals surface area contributed by atoms with Gasteiger partial charge in [-0.15, -0.1) is 0 Å². The minimum absolute atomic E-state index is 0.0486. The standard InChI is InChI=1S/C20H25N3O4/c1-2-26-17-7-4-3-6-16(17)22-11-13-23(14-12-22)19(24)9-10-21-20(25)18-8-5-15-27-18/h3-8,15H,2,9-14H2,1H3,(H,21,25). The van der Waals surface area contributed by atoms with Crippen LogP contribution in [-0.2, 0) is 4.79 Å². The quantitative estimate of drug-likeness (QED) is 0.807. The maximum Gasteiger partial charge on any atom is 0.286 e. The van der Waals surface area contributed by atoms with Crippen LogP contribution in [-0.4, -0.2) is 56.0 Å². The molecule has 3 rings (SSSR count). The fourth-order valence-electron chi connectivity index (χ4n) is 3.13. The molecule has 144 valence electrons. The van der Waals surface area contributed by atoms with Crippen molar-refractivity contribution in [2.45, 2.75) is 13.3 Å². The number of hydrogen-bond acceptors (Lipinski definition) is 5. The van der Waals surface area contributed by atoms with Gasteiger partial charge in [-0.1, -0.05) is 12.1 Å². The van der Waals surface area contributed by atoms with Crippen LogP contribution in [0.4, 0.5) is 5.69 Å². The minimum atomic E-state index is -0.301. The molecule has 1 N–H and O–H groups in total. The number of nitrogens with zero attached hydrogens (tertiary/aromatic N) is 2. The highest BCUT2D eigenvalue weighted by Crippen LogP contribution is 2.28. The lowest BCUT2D eigenvalue weighted by molar-refractivity contribution is -0.131. The Morgan fingerprint density at radius 3 is 2.59 bits per heavy atom. The predicted octanol–water partition coefficient (Wildman–Crippen LogP) is 2.15. The normalized spacial score (nSPS) is 14.1. The summed E-state index contributed by atoms with van der Waals surface area (Å²) in [6.07, 6.45) is 1.73. The summed E-state index contributed by atoms with van der Waals surface area (Å²) in [5.41, 5.74) is 1.07. The van der Waals surface area contributed by atoms with E-state index < -0.39 is 0 Å². The van der Waals surface area contributed by atoms with Gasteiger partial charge in [0.25, 0.3) is 5.91 Å². The van der Waals surface area contributed by atoms with Gasteiger partial charge in [0, 0.05) is 39.1 Å². The number of nitrogens with one attached hydrogen (secondary N) is 1. The van der Waals surface area contributed by atoms with E-state index in [-0.39, 0.29) is 24.0 Å². The Balaban J connectivity index is 1.45. The molecule has 1 aromatic carbocycles. The summed E-state index contributed by atoms with van der Waals surface area (Å²) in [6, 6.07) is 11.2. The molecule has 1 aromatic heterocycles. The van der Waals surface area contributed by atoms with Gasteiger partial charge in [0.15, 0.2) is 5.76 Å². The highest BCUT2D eigenvalue weighted by Gasteiger charge is 2.22. The van der Waals surface area contributed by atoms with Crippen LogP contribution in [0.1, 0.15) is 23.9 Å². The van der Waals surface area contributed by atoms with E-state index in [0.717, 1.165) is 24.5 Å². The van der Waals surface area contributed by atoms with Gasteiger partial charge in [-0.05, 0) is 31.2 Å². The van der Waals surface area contributed by atoms with Crippen molar-refractivity contribution in [3.63, 3.8) is 0 Å². The van der Waals surface area contributed by atoms with Crippen LogP contribution >= 0.6 is 0 Å². The minimum Gasteiger partial charge on any atom is -0.492 e. The molecule has 0 unspecified atom stereocenters. The third kappa shape index (κ3) is 4.81. The molecular formula is C20H25N3O4. The maximum atomic E-state index is 12.4. The molecule has 1 fully saturated rings. The Kier molecular flexibility index (Phi) is 6.35. The molecule has 1 saturated heterocycles. The van der Waals surface area contributed by atoms with Gasteiger partial charge in [0.1, 0.15) is 5.75 Å². The Morgan fingerprint density at radius 2 is 1.89 bits per heavy atom. The van der Waals surface area contributed by atoms with Gasteiger partial charge in [-0.25, -0.2) is 0 Å². The van der Waals surface area contributed by atoms with Gasteiger partial charge in [0.05, 0.1) is 18.6 Å². The lowest BCUT2D eigenvalue weighted by Crippen LogP contribution is -2.49. The van der Waals surface area contributed by atoms with E-state index in [9.17, 15) is 9.59 Å². The highest BCUT2D eigenvalue weighted by atomic mass is 16.5. The molecule has 1 aliphatic rings. The van der Waals surface area contributed by atoms with Crippen molar-refractivity contribution in [1.82, 2.24) is 10.2 Å². The fraction of sp³-hybridized carbons (Fsp3) is 0.400. The number of amides is 2. The summed E-state index contributed by atoms with van der Waals surface area (Å²) in [6.45, 7) is 5.73. The van der Waals surface area contributed by atoms with Gasteiger partial charge in [-0.3, -0.25) is 9.59 Å². The van der Waals surface area contributed by atoms with E-state index >= 15 is 0 Å². The smallest absolute Gasteiger partial charge is 0.286 e. The zero-order valence-corrected chi connectivity index (χ0v) is 15.5. The summed E-state index contributed by atoms with van der Waals surface area (Å²) >= 11 is 0. The number of para-hydroxylation sites is 2. The first-order valence-corrected chi connectivity index (χ1v) is 9.25. The predicted molar refractivity (Wildman–Crippen MR) is 102 cm³/mol. The van der Waals surface area contributed by atoms with E-state index in [0.29, 0.717) is 26.2 Å². The van der Waals surface area contributed by atoms with Crippen molar-refractivity contribution < 1.29 is 18.7 Å². The molecular weight excluding hydrogens is 346 g/mol. The van der Waals surface area contributed by atoms with E-state index in [1.807, 2.05) is 36.1 Å². The lowest BCUT2D eigenvalue weighted by atomic mass is 10.2. The van der Waals surface area contributed by atoms with Crippen LogP contribution in [0.2, 0.25) is 0 Å². The van der Waals surface area contributed by atoms with Crippen LogP contribution in [0.5, 0.6) is 5.75 Å². The topological polar surface area (TPSA) is 75.0 Å². The second-order valence-electron chi connectivity index (χ2n) is 6.25.